The molecule has 5 heteroatoms. The summed E-state index contributed by atoms with van der Waals surface area (Å²) in [5, 5.41) is 3.50. The average Bonchev–Trinajstić information content (AvgIpc) is 3.00. The highest BCUT2D eigenvalue weighted by atomic mass is 32.2. The fourth-order valence-corrected chi connectivity index (χ4v) is 6.50. The molecule has 2 aromatic rings. The quantitative estimate of drug-likeness (QED) is 0.790. The summed E-state index contributed by atoms with van der Waals surface area (Å²) >= 11 is 2.10. The summed E-state index contributed by atoms with van der Waals surface area (Å²) in [6, 6.07) is 8.45. The number of fused-ring (bicyclic) bond motifs is 4. The van der Waals surface area contributed by atoms with Crippen molar-refractivity contribution in [2.75, 3.05) is 18.8 Å². The Labute approximate surface area is 166 Å². The zero-order chi connectivity index (χ0) is 18.6. The monoisotopic (exact) mass is 383 g/mol. The van der Waals surface area contributed by atoms with E-state index in [0.717, 1.165) is 42.9 Å². The van der Waals surface area contributed by atoms with Gasteiger partial charge in [-0.15, -0.1) is 0 Å². The van der Waals surface area contributed by atoms with Gasteiger partial charge < -0.3 is 14.6 Å². The molecule has 1 aromatic heterocycles. The van der Waals surface area contributed by atoms with E-state index in [1.54, 1.807) is 0 Å². The molecule has 5 rings (SSSR count). The molecule has 0 radical (unpaired) electrons. The molecule has 0 saturated carbocycles. The number of nitrogens with zero attached hydrogens (tertiary/aromatic N) is 2. The number of para-hydroxylation sites is 1. The highest BCUT2D eigenvalue weighted by Gasteiger charge is 2.46. The molecule has 1 aromatic carbocycles. The molecule has 144 valence electrons. The number of benzene rings is 1. The summed E-state index contributed by atoms with van der Waals surface area (Å²) < 4.78 is 9.43. The van der Waals surface area contributed by atoms with Gasteiger partial charge in [-0.3, -0.25) is 0 Å². The molecule has 1 spiro atoms. The third-order valence-electron chi connectivity index (χ3n) is 6.48. The molecule has 1 atom stereocenters. The van der Waals surface area contributed by atoms with Crippen LogP contribution < -0.4 is 10.1 Å². The lowest BCUT2D eigenvalue weighted by Gasteiger charge is -2.42. The fraction of sp³-hybridized carbons (Fsp3) is 0.591. The van der Waals surface area contributed by atoms with Gasteiger partial charge in [-0.05, 0) is 43.8 Å². The molecule has 3 aliphatic rings. The first-order chi connectivity index (χ1) is 13.0. The van der Waals surface area contributed by atoms with Crippen LogP contribution in [0.4, 0.5) is 0 Å². The Bertz CT molecular complexity index is 866. The topological polar surface area (TPSA) is 39.1 Å². The van der Waals surface area contributed by atoms with Crippen molar-refractivity contribution in [2.45, 2.75) is 55.8 Å². The van der Waals surface area contributed by atoms with Crippen molar-refractivity contribution in [3.8, 4) is 17.0 Å². The maximum absolute atomic E-state index is 6.70. The number of hydrogen-bond donors (Lipinski definition) is 1. The summed E-state index contributed by atoms with van der Waals surface area (Å²) in [5.74, 6) is 4.00. The minimum absolute atomic E-state index is 0.242. The van der Waals surface area contributed by atoms with Gasteiger partial charge in [0.15, 0.2) is 5.60 Å². The average molecular weight is 384 g/mol. The lowest BCUT2D eigenvalue weighted by atomic mass is 9.84. The first-order valence-electron chi connectivity index (χ1n) is 10.2. The fourth-order valence-electron chi connectivity index (χ4n) is 5.22. The van der Waals surface area contributed by atoms with Gasteiger partial charge in [-0.1, -0.05) is 26.0 Å². The van der Waals surface area contributed by atoms with Crippen molar-refractivity contribution >= 4 is 11.8 Å². The summed E-state index contributed by atoms with van der Waals surface area (Å²) in [7, 11) is 2.22. The zero-order valence-corrected chi connectivity index (χ0v) is 17.4. The minimum Gasteiger partial charge on any atom is -0.480 e. The van der Waals surface area contributed by atoms with Gasteiger partial charge in [0.2, 0.25) is 0 Å². The normalized spacial score (nSPS) is 25.5. The van der Waals surface area contributed by atoms with E-state index in [-0.39, 0.29) is 5.60 Å². The summed E-state index contributed by atoms with van der Waals surface area (Å²) in [5.41, 5.74) is 3.37. The molecule has 2 saturated heterocycles. The van der Waals surface area contributed by atoms with Gasteiger partial charge >= 0.3 is 0 Å². The zero-order valence-electron chi connectivity index (χ0n) is 16.5. The van der Waals surface area contributed by atoms with Crippen molar-refractivity contribution in [1.82, 2.24) is 14.9 Å². The van der Waals surface area contributed by atoms with Gasteiger partial charge in [0.25, 0.3) is 0 Å². The van der Waals surface area contributed by atoms with Crippen LogP contribution in [0.3, 0.4) is 0 Å². The number of rotatable bonds is 1. The van der Waals surface area contributed by atoms with Crippen LogP contribution in [0, 0.1) is 0 Å². The molecule has 1 N–H and O–H groups in total. The van der Waals surface area contributed by atoms with Crippen molar-refractivity contribution < 1.29 is 4.74 Å². The van der Waals surface area contributed by atoms with E-state index in [2.05, 4.69) is 66.8 Å². The number of nitrogens with one attached hydrogen (secondary N) is 1. The van der Waals surface area contributed by atoms with Crippen LogP contribution in [-0.4, -0.2) is 33.1 Å². The van der Waals surface area contributed by atoms with Crippen molar-refractivity contribution in [3.05, 3.63) is 35.8 Å². The maximum atomic E-state index is 6.70. The SMILES string of the molecule is Cn1c(C2CCSC(C)(C)C2)nc2c1C1(CCNCC1)Oc1ccccc1-2. The first-order valence-corrected chi connectivity index (χ1v) is 11.2. The maximum Gasteiger partial charge on any atom is 0.153 e. The molecule has 27 heavy (non-hydrogen) atoms. The van der Waals surface area contributed by atoms with Gasteiger partial charge in [0.1, 0.15) is 11.6 Å². The van der Waals surface area contributed by atoms with Gasteiger partial charge in [0.05, 0.1) is 11.4 Å². The minimum atomic E-state index is -0.242. The van der Waals surface area contributed by atoms with E-state index in [4.69, 9.17) is 9.72 Å². The van der Waals surface area contributed by atoms with E-state index >= 15 is 0 Å². The number of ether oxygens (including phenoxy) is 1. The predicted octanol–water partition coefficient (Wildman–Crippen LogP) is 4.45. The van der Waals surface area contributed by atoms with Gasteiger partial charge in [0, 0.05) is 36.1 Å². The van der Waals surface area contributed by atoms with Crippen LogP contribution >= 0.6 is 11.8 Å². The van der Waals surface area contributed by atoms with Gasteiger partial charge in [-0.25, -0.2) is 4.98 Å². The molecular weight excluding hydrogens is 354 g/mol. The Kier molecular flexibility index (Phi) is 4.10. The molecule has 0 bridgehead atoms. The van der Waals surface area contributed by atoms with Crippen molar-refractivity contribution in [3.63, 3.8) is 0 Å². The molecule has 1 unspecified atom stereocenters. The lowest BCUT2D eigenvalue weighted by molar-refractivity contribution is 0.0236. The molecule has 2 fully saturated rings. The molecular formula is C22H29N3OS. The summed E-state index contributed by atoms with van der Waals surface area (Å²) in [6.07, 6.45) is 4.41. The Hall–Kier alpha value is -1.46. The third-order valence-corrected chi connectivity index (χ3v) is 7.87. The molecule has 0 aliphatic carbocycles. The Morgan fingerprint density at radius 3 is 2.78 bits per heavy atom. The van der Waals surface area contributed by atoms with Crippen molar-refractivity contribution in [2.24, 2.45) is 7.05 Å². The second kappa shape index (κ2) is 6.28. The first kappa shape index (κ1) is 17.6. The van der Waals surface area contributed by atoms with E-state index in [0.29, 0.717) is 10.7 Å². The highest BCUT2D eigenvalue weighted by molar-refractivity contribution is 8.00. The van der Waals surface area contributed by atoms with Crippen LogP contribution in [0.2, 0.25) is 0 Å². The number of thioether (sulfide) groups is 1. The van der Waals surface area contributed by atoms with E-state index < -0.39 is 0 Å². The second-order valence-electron chi connectivity index (χ2n) is 8.87. The van der Waals surface area contributed by atoms with Crippen LogP contribution in [0.25, 0.3) is 11.3 Å². The number of hydrogen-bond acceptors (Lipinski definition) is 4. The summed E-state index contributed by atoms with van der Waals surface area (Å²) in [6.45, 7) is 6.74. The Morgan fingerprint density at radius 2 is 2.00 bits per heavy atom. The van der Waals surface area contributed by atoms with E-state index in [1.807, 2.05) is 0 Å². The highest BCUT2D eigenvalue weighted by Crippen LogP contribution is 2.50. The molecule has 0 amide bonds. The van der Waals surface area contributed by atoms with E-state index in [9.17, 15) is 0 Å². The molecule has 4 heterocycles. The van der Waals surface area contributed by atoms with Crippen LogP contribution in [-0.2, 0) is 12.6 Å². The number of aromatic nitrogens is 2. The van der Waals surface area contributed by atoms with Crippen molar-refractivity contribution in [1.29, 1.82) is 0 Å². The largest absolute Gasteiger partial charge is 0.480 e. The number of imidazole rings is 1. The second-order valence-corrected chi connectivity index (χ2v) is 10.7. The molecule has 3 aliphatic heterocycles. The Balaban J connectivity index is 1.66. The standard InChI is InChI=1S/C22H29N3OS/c1-21(2)14-15(8-13-27-21)20-24-18-16-6-4-5-7-17(16)26-22(19(18)25(20)3)9-11-23-12-10-22/h4-7,15,23H,8-14H2,1-3H3. The third kappa shape index (κ3) is 2.82. The lowest BCUT2D eigenvalue weighted by Crippen LogP contribution is -2.46. The van der Waals surface area contributed by atoms with E-state index in [1.165, 1.54) is 30.1 Å². The number of piperidine rings is 1. The van der Waals surface area contributed by atoms with Crippen LogP contribution in [0.5, 0.6) is 5.75 Å². The van der Waals surface area contributed by atoms with Gasteiger partial charge in [-0.2, -0.15) is 11.8 Å². The Morgan fingerprint density at radius 1 is 1.22 bits per heavy atom. The van der Waals surface area contributed by atoms with Crippen LogP contribution in [0.15, 0.2) is 24.3 Å². The smallest absolute Gasteiger partial charge is 0.153 e. The molecule has 4 nitrogen and oxygen atoms in total. The predicted molar refractivity (Wildman–Crippen MR) is 112 cm³/mol. The van der Waals surface area contributed by atoms with Crippen LogP contribution in [0.1, 0.15) is 57.0 Å². The summed E-state index contributed by atoms with van der Waals surface area (Å²) in [4.78, 5) is 5.28.